The van der Waals surface area contributed by atoms with E-state index in [1.54, 1.807) is 14.2 Å². The molecular formula is C22H23NO3. The van der Waals surface area contributed by atoms with Crippen molar-refractivity contribution in [2.45, 2.75) is 19.8 Å². The zero-order chi connectivity index (χ0) is 18.7. The number of methoxy groups -OCH3 is 2. The molecule has 3 aromatic rings. The molecule has 0 bridgehead atoms. The van der Waals surface area contributed by atoms with Crippen molar-refractivity contribution in [1.82, 2.24) is 0 Å². The predicted molar refractivity (Wildman–Crippen MR) is 105 cm³/mol. The van der Waals surface area contributed by atoms with Crippen LogP contribution in [0, 0.1) is 0 Å². The highest BCUT2D eigenvalue weighted by Gasteiger charge is 2.18. The fourth-order valence-corrected chi connectivity index (χ4v) is 3.27. The lowest BCUT2D eigenvalue weighted by molar-refractivity contribution is -0.114. The molecule has 1 amide bonds. The summed E-state index contributed by atoms with van der Waals surface area (Å²) in [4.78, 5) is 11.8. The minimum atomic E-state index is -0.0814. The maximum atomic E-state index is 11.8. The van der Waals surface area contributed by atoms with Gasteiger partial charge in [-0.15, -0.1) is 0 Å². The van der Waals surface area contributed by atoms with Crippen molar-refractivity contribution in [3.05, 3.63) is 65.7 Å². The number of hydrogen-bond acceptors (Lipinski definition) is 3. The lowest BCUT2D eigenvalue weighted by atomic mass is 9.89. The molecule has 0 aliphatic heterocycles. The Balaban J connectivity index is 2.13. The van der Waals surface area contributed by atoms with Gasteiger partial charge < -0.3 is 14.8 Å². The molecule has 134 valence electrons. The molecule has 0 fully saturated rings. The van der Waals surface area contributed by atoms with Crippen molar-refractivity contribution in [2.75, 3.05) is 19.5 Å². The molecule has 1 N–H and O–H groups in total. The van der Waals surface area contributed by atoms with E-state index in [1.165, 1.54) is 6.92 Å². The Morgan fingerprint density at radius 2 is 1.69 bits per heavy atom. The summed E-state index contributed by atoms with van der Waals surface area (Å²) in [5.41, 5.74) is 3.01. The van der Waals surface area contributed by atoms with Crippen molar-refractivity contribution >= 4 is 22.4 Å². The first kappa shape index (κ1) is 17.8. The number of hydrogen-bond donors (Lipinski definition) is 1. The van der Waals surface area contributed by atoms with Crippen LogP contribution in [0.15, 0.2) is 54.6 Å². The average molecular weight is 349 g/mol. The van der Waals surface area contributed by atoms with Crippen LogP contribution in [-0.2, 0) is 4.79 Å². The molecule has 26 heavy (non-hydrogen) atoms. The van der Waals surface area contributed by atoms with Crippen LogP contribution >= 0.6 is 0 Å². The number of carbonyl (C=O) groups is 1. The number of carbonyl (C=O) groups excluding carboxylic acids is 1. The molecule has 0 saturated heterocycles. The van der Waals surface area contributed by atoms with Crippen LogP contribution in [0.5, 0.6) is 11.5 Å². The standard InChI is InChI=1S/C22H23NO3/c1-14(17-10-12-20(25-3)21(13-17)26-4)18-11-9-16-7-5-6-8-19(16)22(18)23-15(2)24/h5-14H,1-4H3,(H,23,24). The Morgan fingerprint density at radius 1 is 0.962 bits per heavy atom. The van der Waals surface area contributed by atoms with E-state index in [-0.39, 0.29) is 11.8 Å². The van der Waals surface area contributed by atoms with Gasteiger partial charge in [0.05, 0.1) is 19.9 Å². The first-order chi connectivity index (χ1) is 12.5. The van der Waals surface area contributed by atoms with Gasteiger partial charge in [-0.25, -0.2) is 0 Å². The second-order valence-electron chi connectivity index (χ2n) is 6.27. The molecule has 4 nitrogen and oxygen atoms in total. The molecule has 3 aromatic carbocycles. The Labute approximate surface area is 153 Å². The summed E-state index contributed by atoms with van der Waals surface area (Å²) in [5, 5.41) is 5.15. The number of anilines is 1. The number of ether oxygens (including phenoxy) is 2. The van der Waals surface area contributed by atoms with Gasteiger partial charge in [-0.1, -0.05) is 49.4 Å². The van der Waals surface area contributed by atoms with Crippen molar-refractivity contribution in [2.24, 2.45) is 0 Å². The fourth-order valence-electron chi connectivity index (χ4n) is 3.27. The quantitative estimate of drug-likeness (QED) is 0.708. The van der Waals surface area contributed by atoms with E-state index < -0.39 is 0 Å². The molecular weight excluding hydrogens is 326 g/mol. The molecule has 0 spiro atoms. The van der Waals surface area contributed by atoms with E-state index in [2.05, 4.69) is 24.4 Å². The van der Waals surface area contributed by atoms with Crippen molar-refractivity contribution in [1.29, 1.82) is 0 Å². The minimum absolute atomic E-state index is 0.0706. The molecule has 1 atom stereocenters. The van der Waals surface area contributed by atoms with Gasteiger partial charge >= 0.3 is 0 Å². The maximum absolute atomic E-state index is 11.8. The number of rotatable bonds is 5. The topological polar surface area (TPSA) is 47.6 Å². The Kier molecular flexibility index (Phi) is 5.12. The lowest BCUT2D eigenvalue weighted by Gasteiger charge is -2.20. The van der Waals surface area contributed by atoms with Crippen LogP contribution in [0.4, 0.5) is 5.69 Å². The lowest BCUT2D eigenvalue weighted by Crippen LogP contribution is -2.10. The molecule has 0 aliphatic rings. The van der Waals surface area contributed by atoms with E-state index in [1.807, 2.05) is 42.5 Å². The van der Waals surface area contributed by atoms with Crippen molar-refractivity contribution in [3.8, 4) is 11.5 Å². The number of fused-ring (bicyclic) bond motifs is 1. The summed E-state index contributed by atoms with van der Waals surface area (Å²) < 4.78 is 10.8. The second-order valence-corrected chi connectivity index (χ2v) is 6.27. The van der Waals surface area contributed by atoms with E-state index in [0.717, 1.165) is 27.6 Å². The normalized spacial score (nSPS) is 11.8. The zero-order valence-electron chi connectivity index (χ0n) is 15.5. The van der Waals surface area contributed by atoms with Gasteiger partial charge in [-0.2, -0.15) is 0 Å². The minimum Gasteiger partial charge on any atom is -0.493 e. The average Bonchev–Trinajstić information content (AvgIpc) is 2.66. The third kappa shape index (κ3) is 3.36. The molecule has 0 aromatic heterocycles. The summed E-state index contributed by atoms with van der Waals surface area (Å²) in [6.45, 7) is 3.66. The van der Waals surface area contributed by atoms with Gasteiger partial charge in [0.2, 0.25) is 5.91 Å². The van der Waals surface area contributed by atoms with E-state index in [9.17, 15) is 4.79 Å². The monoisotopic (exact) mass is 349 g/mol. The van der Waals surface area contributed by atoms with Gasteiger partial charge in [0, 0.05) is 18.2 Å². The van der Waals surface area contributed by atoms with Gasteiger partial charge in [0.15, 0.2) is 11.5 Å². The third-order valence-electron chi connectivity index (χ3n) is 4.64. The highest BCUT2D eigenvalue weighted by Crippen LogP contribution is 2.38. The first-order valence-corrected chi connectivity index (χ1v) is 8.56. The first-order valence-electron chi connectivity index (χ1n) is 8.56. The summed E-state index contributed by atoms with van der Waals surface area (Å²) in [7, 11) is 3.25. The van der Waals surface area contributed by atoms with E-state index in [0.29, 0.717) is 11.5 Å². The Hall–Kier alpha value is -3.01. The van der Waals surface area contributed by atoms with Crippen molar-refractivity contribution in [3.63, 3.8) is 0 Å². The molecule has 3 rings (SSSR count). The van der Waals surface area contributed by atoms with Crippen LogP contribution in [0.1, 0.15) is 30.9 Å². The van der Waals surface area contributed by atoms with Gasteiger partial charge in [0.1, 0.15) is 0 Å². The smallest absolute Gasteiger partial charge is 0.221 e. The van der Waals surface area contributed by atoms with Gasteiger partial charge in [-0.05, 0) is 28.6 Å². The molecule has 0 saturated carbocycles. The molecule has 4 heteroatoms. The highest BCUT2D eigenvalue weighted by molar-refractivity contribution is 6.03. The molecule has 0 radical (unpaired) electrons. The van der Waals surface area contributed by atoms with Crippen LogP contribution in [0.25, 0.3) is 10.8 Å². The maximum Gasteiger partial charge on any atom is 0.221 e. The van der Waals surface area contributed by atoms with Crippen LogP contribution in [0.2, 0.25) is 0 Å². The Morgan fingerprint density at radius 3 is 2.38 bits per heavy atom. The summed E-state index contributed by atoms with van der Waals surface area (Å²) in [6, 6.07) is 18.1. The SMILES string of the molecule is COc1ccc(C(C)c2ccc3ccccc3c2NC(C)=O)cc1OC. The van der Waals surface area contributed by atoms with Crippen LogP contribution in [0.3, 0.4) is 0 Å². The number of benzene rings is 3. The number of nitrogens with one attached hydrogen (secondary N) is 1. The van der Waals surface area contributed by atoms with Gasteiger partial charge in [0.25, 0.3) is 0 Å². The predicted octanol–water partition coefficient (Wildman–Crippen LogP) is 4.97. The van der Waals surface area contributed by atoms with E-state index in [4.69, 9.17) is 9.47 Å². The highest BCUT2D eigenvalue weighted by atomic mass is 16.5. The summed E-state index contributed by atoms with van der Waals surface area (Å²) in [5.74, 6) is 1.38. The molecule has 0 heterocycles. The fraction of sp³-hybridized carbons (Fsp3) is 0.227. The Bertz CT molecular complexity index is 949. The van der Waals surface area contributed by atoms with Gasteiger partial charge in [-0.3, -0.25) is 4.79 Å². The second kappa shape index (κ2) is 7.48. The number of amides is 1. The van der Waals surface area contributed by atoms with Crippen LogP contribution < -0.4 is 14.8 Å². The van der Waals surface area contributed by atoms with Crippen molar-refractivity contribution < 1.29 is 14.3 Å². The van der Waals surface area contributed by atoms with E-state index >= 15 is 0 Å². The zero-order valence-corrected chi connectivity index (χ0v) is 15.5. The summed E-state index contributed by atoms with van der Waals surface area (Å²) >= 11 is 0. The third-order valence-corrected chi connectivity index (χ3v) is 4.64. The summed E-state index contributed by atoms with van der Waals surface area (Å²) in [6.07, 6.45) is 0. The molecule has 1 unspecified atom stereocenters. The largest absolute Gasteiger partial charge is 0.493 e. The molecule has 0 aliphatic carbocycles. The van der Waals surface area contributed by atoms with Crippen LogP contribution in [-0.4, -0.2) is 20.1 Å².